The average Bonchev–Trinajstić information content (AvgIpc) is 2.43. The van der Waals surface area contributed by atoms with E-state index in [1.54, 1.807) is 18.2 Å². The van der Waals surface area contributed by atoms with Gasteiger partial charge in [0.1, 0.15) is 11.6 Å². The topological polar surface area (TPSA) is 43.1 Å². The fraction of sp³-hybridized carbons (Fsp3) is 0.0769. The van der Waals surface area contributed by atoms with Gasteiger partial charge in [0.05, 0.1) is 14.3 Å². The third kappa shape index (κ3) is 3.16. The molecule has 2 aromatic carbocycles. The zero-order valence-electron chi connectivity index (χ0n) is 9.98. The maximum absolute atomic E-state index is 13.8. The number of rotatable bonds is 4. The highest BCUT2D eigenvalue weighted by Crippen LogP contribution is 2.33. The van der Waals surface area contributed by atoms with Gasteiger partial charge in [0.25, 0.3) is 5.69 Å². The molecule has 0 amide bonds. The summed E-state index contributed by atoms with van der Waals surface area (Å²) in [7, 11) is 0. The largest absolute Gasteiger partial charge is 0.282 e. The first-order valence-corrected chi connectivity index (χ1v) is 7.27. The molecule has 2 aromatic rings. The Labute approximate surface area is 126 Å². The second-order valence-electron chi connectivity index (χ2n) is 3.84. The predicted molar refractivity (Wildman–Crippen MR) is 76.7 cm³/mol. The SMILES string of the molecule is O=[N+]([O-])c1ccccc1SCc1c(F)ccc(Br)c1F. The third-order valence-electron chi connectivity index (χ3n) is 2.57. The molecule has 0 unspecified atom stereocenters. The minimum atomic E-state index is -0.684. The third-order valence-corrected chi connectivity index (χ3v) is 4.27. The van der Waals surface area contributed by atoms with Gasteiger partial charge in [-0.15, -0.1) is 11.8 Å². The van der Waals surface area contributed by atoms with Crippen molar-refractivity contribution in [2.45, 2.75) is 10.6 Å². The molecule has 0 aliphatic heterocycles. The Morgan fingerprint density at radius 2 is 1.90 bits per heavy atom. The van der Waals surface area contributed by atoms with Gasteiger partial charge >= 0.3 is 0 Å². The van der Waals surface area contributed by atoms with Gasteiger partial charge in [-0.25, -0.2) is 8.78 Å². The molecule has 0 heterocycles. The second kappa shape index (κ2) is 6.32. The highest BCUT2D eigenvalue weighted by molar-refractivity contribution is 9.10. The lowest BCUT2D eigenvalue weighted by Crippen LogP contribution is -1.96. The molecular weight excluding hydrogens is 352 g/mol. The van der Waals surface area contributed by atoms with E-state index in [0.717, 1.165) is 17.8 Å². The molecule has 0 radical (unpaired) electrons. The summed E-state index contributed by atoms with van der Waals surface area (Å²) >= 11 is 4.01. The van der Waals surface area contributed by atoms with E-state index in [1.165, 1.54) is 12.1 Å². The Morgan fingerprint density at radius 3 is 2.60 bits per heavy atom. The summed E-state index contributed by atoms with van der Waals surface area (Å²) in [4.78, 5) is 10.7. The van der Waals surface area contributed by atoms with Crippen molar-refractivity contribution in [3.8, 4) is 0 Å². The summed E-state index contributed by atoms with van der Waals surface area (Å²) < 4.78 is 27.5. The second-order valence-corrected chi connectivity index (χ2v) is 5.71. The van der Waals surface area contributed by atoms with Gasteiger partial charge in [0.2, 0.25) is 0 Å². The fourth-order valence-electron chi connectivity index (χ4n) is 1.58. The molecule has 0 saturated carbocycles. The van der Waals surface area contributed by atoms with Gasteiger partial charge in [0, 0.05) is 17.4 Å². The number of benzene rings is 2. The van der Waals surface area contributed by atoms with E-state index in [4.69, 9.17) is 0 Å². The number of nitro benzene ring substituents is 1. The lowest BCUT2D eigenvalue weighted by Gasteiger charge is -2.06. The van der Waals surface area contributed by atoms with Crippen molar-refractivity contribution in [3.05, 3.63) is 68.2 Å². The lowest BCUT2D eigenvalue weighted by atomic mass is 10.2. The Hall–Kier alpha value is -1.47. The van der Waals surface area contributed by atoms with Crippen LogP contribution in [-0.2, 0) is 5.75 Å². The van der Waals surface area contributed by atoms with Crippen molar-refractivity contribution in [3.63, 3.8) is 0 Å². The summed E-state index contributed by atoms with van der Waals surface area (Å²) in [6.07, 6.45) is 0. The number of hydrogen-bond donors (Lipinski definition) is 0. The summed E-state index contributed by atoms with van der Waals surface area (Å²) in [5.74, 6) is -1.38. The molecule has 0 aromatic heterocycles. The van der Waals surface area contributed by atoms with Crippen LogP contribution in [0.4, 0.5) is 14.5 Å². The molecule has 0 spiro atoms. The molecule has 0 aliphatic rings. The normalized spacial score (nSPS) is 10.6. The molecule has 0 fully saturated rings. The number of halogens is 3. The summed E-state index contributed by atoms with van der Waals surface area (Å²) in [6, 6.07) is 8.53. The van der Waals surface area contributed by atoms with Crippen molar-refractivity contribution >= 4 is 33.4 Å². The van der Waals surface area contributed by atoms with Gasteiger partial charge in [-0.1, -0.05) is 12.1 Å². The van der Waals surface area contributed by atoms with Gasteiger partial charge in [-0.05, 0) is 34.1 Å². The molecular formula is C13H8BrF2NO2S. The van der Waals surface area contributed by atoms with E-state index in [0.29, 0.717) is 4.90 Å². The summed E-state index contributed by atoms with van der Waals surface area (Å²) in [5, 5.41) is 10.9. The zero-order valence-corrected chi connectivity index (χ0v) is 12.4. The number of nitrogens with zero attached hydrogens (tertiary/aromatic N) is 1. The van der Waals surface area contributed by atoms with Crippen LogP contribution < -0.4 is 0 Å². The van der Waals surface area contributed by atoms with Gasteiger partial charge in [-0.2, -0.15) is 0 Å². The number of para-hydroxylation sites is 1. The molecule has 2 rings (SSSR count). The van der Waals surface area contributed by atoms with Crippen LogP contribution in [0.1, 0.15) is 5.56 Å². The van der Waals surface area contributed by atoms with Gasteiger partial charge in [0.15, 0.2) is 0 Å². The molecule has 20 heavy (non-hydrogen) atoms. The predicted octanol–water partition coefficient (Wildman–Crippen LogP) is 4.93. The standard InChI is InChI=1S/C13H8BrF2NO2S/c14-9-5-6-10(15)8(13(9)16)7-20-12-4-2-1-3-11(12)17(18)19/h1-6H,7H2. The first kappa shape index (κ1) is 14.9. The molecule has 104 valence electrons. The van der Waals surface area contributed by atoms with Gasteiger partial charge < -0.3 is 0 Å². The quantitative estimate of drug-likeness (QED) is 0.336. The minimum absolute atomic E-state index is 0.0258. The van der Waals surface area contributed by atoms with E-state index in [9.17, 15) is 18.9 Å². The van der Waals surface area contributed by atoms with Crippen LogP contribution in [0, 0.1) is 21.7 Å². The monoisotopic (exact) mass is 359 g/mol. The van der Waals surface area contributed by atoms with Crippen LogP contribution in [0.3, 0.4) is 0 Å². The average molecular weight is 360 g/mol. The minimum Gasteiger partial charge on any atom is -0.258 e. The van der Waals surface area contributed by atoms with Crippen LogP contribution in [0.2, 0.25) is 0 Å². The number of thioether (sulfide) groups is 1. The molecule has 0 bridgehead atoms. The van der Waals surface area contributed by atoms with Crippen molar-refractivity contribution in [2.24, 2.45) is 0 Å². The lowest BCUT2D eigenvalue weighted by molar-refractivity contribution is -0.387. The first-order valence-electron chi connectivity index (χ1n) is 5.49. The molecule has 0 saturated heterocycles. The van der Waals surface area contributed by atoms with Crippen LogP contribution in [-0.4, -0.2) is 4.92 Å². The Bertz CT molecular complexity index is 667. The Morgan fingerprint density at radius 1 is 1.20 bits per heavy atom. The fourth-order valence-corrected chi connectivity index (χ4v) is 2.98. The van der Waals surface area contributed by atoms with Crippen LogP contribution in [0.5, 0.6) is 0 Å². The molecule has 0 aliphatic carbocycles. The zero-order chi connectivity index (χ0) is 14.7. The molecule has 0 atom stereocenters. The van der Waals surface area contributed by atoms with Crippen molar-refractivity contribution in [1.82, 2.24) is 0 Å². The highest BCUT2D eigenvalue weighted by atomic mass is 79.9. The van der Waals surface area contributed by atoms with E-state index in [-0.39, 0.29) is 21.5 Å². The van der Waals surface area contributed by atoms with Gasteiger partial charge in [-0.3, -0.25) is 10.1 Å². The molecule has 0 N–H and O–H groups in total. The summed E-state index contributed by atoms with van der Waals surface area (Å²) in [5.41, 5.74) is -0.184. The van der Waals surface area contributed by atoms with Crippen LogP contribution in [0.15, 0.2) is 45.8 Å². The number of nitro groups is 1. The Balaban J connectivity index is 2.26. The molecule has 3 nitrogen and oxygen atoms in total. The van der Waals surface area contributed by atoms with Crippen molar-refractivity contribution < 1.29 is 13.7 Å². The molecule has 7 heteroatoms. The van der Waals surface area contributed by atoms with E-state index in [1.807, 2.05) is 0 Å². The van der Waals surface area contributed by atoms with E-state index < -0.39 is 16.6 Å². The van der Waals surface area contributed by atoms with Crippen LogP contribution in [0.25, 0.3) is 0 Å². The smallest absolute Gasteiger partial charge is 0.258 e. The Kier molecular flexibility index (Phi) is 4.72. The maximum Gasteiger partial charge on any atom is 0.282 e. The van der Waals surface area contributed by atoms with Crippen molar-refractivity contribution in [1.29, 1.82) is 0 Å². The first-order chi connectivity index (χ1) is 9.50. The number of hydrogen-bond acceptors (Lipinski definition) is 3. The summed E-state index contributed by atoms with van der Waals surface area (Å²) in [6.45, 7) is 0. The maximum atomic E-state index is 13.8. The van der Waals surface area contributed by atoms with Crippen molar-refractivity contribution in [2.75, 3.05) is 0 Å². The highest BCUT2D eigenvalue weighted by Gasteiger charge is 2.16. The van der Waals surface area contributed by atoms with E-state index in [2.05, 4.69) is 15.9 Å². The van der Waals surface area contributed by atoms with E-state index >= 15 is 0 Å². The van der Waals surface area contributed by atoms with Crippen LogP contribution >= 0.6 is 27.7 Å².